The van der Waals surface area contributed by atoms with Gasteiger partial charge < -0.3 is 21.9 Å². The first kappa shape index (κ1) is 24.2. The minimum atomic E-state index is -4.67. The van der Waals surface area contributed by atoms with Crippen LogP contribution in [0.1, 0.15) is 11.8 Å². The van der Waals surface area contributed by atoms with Crippen LogP contribution in [0.5, 0.6) is 17.2 Å². The second-order valence-electron chi connectivity index (χ2n) is 2.62. The molecule has 0 amide bonds. The Labute approximate surface area is 162 Å². The van der Waals surface area contributed by atoms with E-state index >= 15 is 0 Å². The van der Waals surface area contributed by atoms with E-state index in [0.29, 0.717) is 0 Å². The first-order valence-electron chi connectivity index (χ1n) is 3.70. The summed E-state index contributed by atoms with van der Waals surface area (Å²) in [5.41, 5.74) is -0.289. The van der Waals surface area contributed by atoms with Crippen LogP contribution in [-0.2, 0) is 10.4 Å². The van der Waals surface area contributed by atoms with E-state index in [2.05, 4.69) is 0 Å². The number of aromatic carboxylic acids is 1. The molecule has 19 heavy (non-hydrogen) atoms. The number of phenolic OH excluding ortho intramolecular Hbond substituents is 3. The van der Waals surface area contributed by atoms with Crippen LogP contribution < -0.4 is 51.4 Å². The molecule has 0 aromatic heterocycles. The maximum Gasteiger partial charge on any atom is 1.00 e. The third-order valence-electron chi connectivity index (χ3n) is 1.32. The van der Waals surface area contributed by atoms with Gasteiger partial charge in [0.15, 0.2) is 34.6 Å². The molecule has 0 aliphatic carbocycles. The number of carbonyl (C=O) groups is 1. The minimum Gasteiger partial charge on any atom is -1.00 e. The number of phenols is 3. The Hall–Kier alpha value is 0.129. The van der Waals surface area contributed by atoms with Gasteiger partial charge in [-0.2, -0.15) is 8.42 Å². The van der Waals surface area contributed by atoms with E-state index in [1.54, 1.807) is 0 Å². The van der Waals surface area contributed by atoms with Crippen molar-refractivity contribution in [3.8, 4) is 17.2 Å². The van der Waals surface area contributed by atoms with Crippen molar-refractivity contribution in [1.29, 1.82) is 0 Å². The van der Waals surface area contributed by atoms with Crippen molar-refractivity contribution < 1.29 is 95.6 Å². The molecule has 0 bridgehead atoms. The number of benzene rings is 1. The van der Waals surface area contributed by atoms with Crippen LogP contribution in [0.15, 0.2) is 12.1 Å². The fourth-order valence-corrected chi connectivity index (χ4v) is 0.728. The Kier molecular flexibility index (Phi) is 12.6. The number of rotatable bonds is 1. The Bertz CT molecular complexity index is 504. The molecule has 6 N–H and O–H groups in total. The summed E-state index contributed by atoms with van der Waals surface area (Å²) in [7, 11) is -4.67. The molecule has 12 heteroatoms. The van der Waals surface area contributed by atoms with Crippen LogP contribution in [0, 0.1) is 0 Å². The minimum absolute atomic E-state index is 0. The molecule has 0 unspecified atom stereocenters. The standard InChI is InChI=1S/C7H6O5.Al.K.H2O4S.4H/c8-4-1-3(7(11)12)2-5(9)6(4)10;;;1-5(2,3)4;;;;/h1-2,8-10H,(H,11,12);;;(H2,1,2,3,4);;;;/q;;+1;;;;;-1. The number of hydrogen-bond acceptors (Lipinski definition) is 6. The van der Waals surface area contributed by atoms with Crippen molar-refractivity contribution >= 4 is 33.7 Å². The summed E-state index contributed by atoms with van der Waals surface area (Å²) in [4.78, 5) is 10.3. The van der Waals surface area contributed by atoms with Gasteiger partial charge in [-0.1, -0.05) is 0 Å². The second kappa shape index (κ2) is 9.94. The molecule has 0 radical (unpaired) electrons. The van der Waals surface area contributed by atoms with E-state index in [1.165, 1.54) is 0 Å². The summed E-state index contributed by atoms with van der Waals surface area (Å²) >= 11 is 0. The molecule has 1 rings (SSSR count). The summed E-state index contributed by atoms with van der Waals surface area (Å²) < 4.78 is 31.6. The fraction of sp³-hybridized carbons (Fsp3) is 0. The largest absolute Gasteiger partial charge is 1.00 e. The molecular formula is C7H12AlKO9S. The molecule has 104 valence electrons. The van der Waals surface area contributed by atoms with Crippen LogP contribution in [0.4, 0.5) is 0 Å². The topological polar surface area (TPSA) is 173 Å². The van der Waals surface area contributed by atoms with Gasteiger partial charge in [-0.15, -0.1) is 0 Å². The van der Waals surface area contributed by atoms with Gasteiger partial charge in [0, 0.05) is 0 Å². The number of hydrogen-bond donors (Lipinski definition) is 6. The van der Waals surface area contributed by atoms with Gasteiger partial charge in [0.2, 0.25) is 0 Å². The van der Waals surface area contributed by atoms with Gasteiger partial charge in [-0.3, -0.25) is 9.11 Å². The van der Waals surface area contributed by atoms with Crippen molar-refractivity contribution in [2.45, 2.75) is 0 Å². The van der Waals surface area contributed by atoms with Gasteiger partial charge in [-0.05, 0) is 12.1 Å². The Morgan fingerprint density at radius 3 is 1.53 bits per heavy atom. The van der Waals surface area contributed by atoms with Crippen molar-refractivity contribution in [2.24, 2.45) is 0 Å². The van der Waals surface area contributed by atoms with E-state index in [-0.39, 0.29) is 75.7 Å². The molecule has 9 nitrogen and oxygen atoms in total. The van der Waals surface area contributed by atoms with Crippen LogP contribution in [0.2, 0.25) is 0 Å². The number of carboxylic acid groups (broad SMARTS) is 1. The monoisotopic (exact) mass is 338 g/mol. The number of carboxylic acids is 1. The first-order valence-corrected chi connectivity index (χ1v) is 5.10. The van der Waals surface area contributed by atoms with Crippen LogP contribution in [0.3, 0.4) is 0 Å². The van der Waals surface area contributed by atoms with Crippen LogP contribution in [0.25, 0.3) is 0 Å². The summed E-state index contributed by atoms with van der Waals surface area (Å²) in [6, 6.07) is 1.69. The Morgan fingerprint density at radius 1 is 1.05 bits per heavy atom. The molecule has 0 atom stereocenters. The van der Waals surface area contributed by atoms with Crippen LogP contribution in [-0.4, -0.2) is 61.3 Å². The average Bonchev–Trinajstić information content (AvgIpc) is 2.10. The molecular weight excluding hydrogens is 326 g/mol. The van der Waals surface area contributed by atoms with Gasteiger partial charge in [0.25, 0.3) is 0 Å². The van der Waals surface area contributed by atoms with Gasteiger partial charge in [0.05, 0.1) is 5.56 Å². The normalized spacial score (nSPS) is 9.16. The summed E-state index contributed by atoms with van der Waals surface area (Å²) in [5, 5.41) is 35.0. The second-order valence-corrected chi connectivity index (χ2v) is 3.51. The predicted molar refractivity (Wildman–Crippen MR) is 63.6 cm³/mol. The average molecular weight is 338 g/mol. The molecule has 0 saturated heterocycles. The molecule has 0 aliphatic heterocycles. The molecule has 1 aromatic carbocycles. The summed E-state index contributed by atoms with van der Waals surface area (Å²) in [5.74, 6) is -3.33. The molecule has 0 aliphatic rings. The maximum atomic E-state index is 10.3. The van der Waals surface area contributed by atoms with Crippen LogP contribution >= 0.6 is 0 Å². The van der Waals surface area contributed by atoms with Gasteiger partial charge in [-0.25, -0.2) is 4.79 Å². The Morgan fingerprint density at radius 2 is 1.32 bits per heavy atom. The molecule has 0 fully saturated rings. The third kappa shape index (κ3) is 11.6. The third-order valence-corrected chi connectivity index (χ3v) is 1.32. The zero-order valence-corrected chi connectivity index (χ0v) is 12.9. The van der Waals surface area contributed by atoms with E-state index in [4.69, 9.17) is 37.9 Å². The van der Waals surface area contributed by atoms with Crippen molar-refractivity contribution in [3.05, 3.63) is 17.7 Å². The van der Waals surface area contributed by atoms with Crippen molar-refractivity contribution in [1.82, 2.24) is 0 Å². The summed E-state index contributed by atoms with van der Waals surface area (Å²) in [6.45, 7) is 0. The fourth-order valence-electron chi connectivity index (χ4n) is 0.728. The summed E-state index contributed by atoms with van der Waals surface area (Å²) in [6.07, 6.45) is 0. The molecule has 1 aromatic rings. The molecule has 0 heterocycles. The van der Waals surface area contributed by atoms with Gasteiger partial charge in [0.1, 0.15) is 0 Å². The van der Waals surface area contributed by atoms with E-state index in [0.717, 1.165) is 12.1 Å². The molecule has 0 saturated carbocycles. The van der Waals surface area contributed by atoms with E-state index < -0.39 is 33.6 Å². The smallest absolute Gasteiger partial charge is 1.00 e. The number of aromatic hydroxyl groups is 3. The zero-order valence-electron chi connectivity index (χ0n) is 9.97. The first-order chi connectivity index (χ1) is 7.52. The predicted octanol–water partition coefficient (Wildman–Crippen LogP) is -4.22. The quantitative estimate of drug-likeness (QED) is 0.168. The Balaban J connectivity index is -0.000000141. The maximum absolute atomic E-state index is 10.3. The SMILES string of the molecule is O=C(O)c1cc(O)c(O)c(O)c1.O=S(=O)(O)O.[AlH3].[H-].[K+]. The zero-order chi connectivity index (χ0) is 13.8. The van der Waals surface area contributed by atoms with Gasteiger partial charge >= 0.3 is 67.8 Å². The van der Waals surface area contributed by atoms with Crippen molar-refractivity contribution in [3.63, 3.8) is 0 Å². The van der Waals surface area contributed by atoms with E-state index in [9.17, 15) is 4.79 Å². The van der Waals surface area contributed by atoms with Crippen molar-refractivity contribution in [2.75, 3.05) is 0 Å². The van der Waals surface area contributed by atoms with E-state index in [1.807, 2.05) is 0 Å². The molecule has 0 spiro atoms.